The molecule has 0 bridgehead atoms. The van der Waals surface area contributed by atoms with Gasteiger partial charge in [-0.1, -0.05) is 29.8 Å². The molecule has 1 unspecified atom stereocenters. The maximum Gasteiger partial charge on any atom is 0.130 e. The topological polar surface area (TPSA) is 34.0 Å². The van der Waals surface area contributed by atoms with Crippen molar-refractivity contribution in [3.05, 3.63) is 62.8 Å². The summed E-state index contributed by atoms with van der Waals surface area (Å²) in [6.45, 7) is 0. The van der Waals surface area contributed by atoms with Gasteiger partial charge in [0, 0.05) is 26.8 Å². The molecule has 0 aliphatic carbocycles. The van der Waals surface area contributed by atoms with Crippen LogP contribution in [-0.4, -0.2) is 12.9 Å². The van der Waals surface area contributed by atoms with Gasteiger partial charge in [-0.3, -0.25) is 0 Å². The molecule has 0 saturated heterocycles. The molecule has 108 valence electrons. The molecule has 0 amide bonds. The highest BCUT2D eigenvalue weighted by Gasteiger charge is 2.27. The van der Waals surface area contributed by atoms with Gasteiger partial charge >= 0.3 is 0 Å². The first kappa shape index (κ1) is 14.8. The van der Waals surface area contributed by atoms with Crippen LogP contribution in [0.25, 0.3) is 5.70 Å². The third-order valence-corrected chi connectivity index (χ3v) is 5.01. The summed E-state index contributed by atoms with van der Waals surface area (Å²) in [6.07, 6.45) is 0. The average molecular weight is 337 g/mol. The first-order valence-corrected chi connectivity index (χ1v) is 8.55. The minimum atomic E-state index is -0.00155. The molecule has 0 spiro atoms. The maximum absolute atomic E-state index is 5.96. The van der Waals surface area contributed by atoms with Gasteiger partial charge in [-0.15, -0.1) is 11.3 Å². The summed E-state index contributed by atoms with van der Waals surface area (Å²) in [5.41, 5.74) is 3.13. The Labute approximate surface area is 136 Å². The van der Waals surface area contributed by atoms with E-state index < -0.39 is 0 Å². The lowest BCUT2D eigenvalue weighted by molar-refractivity contribution is 0.490. The van der Waals surface area contributed by atoms with Crippen LogP contribution in [0.3, 0.4) is 0 Å². The van der Waals surface area contributed by atoms with E-state index in [1.165, 1.54) is 22.5 Å². The molecule has 0 radical (unpaired) electrons. The highest BCUT2D eigenvalue weighted by Crippen LogP contribution is 2.42. The highest BCUT2D eigenvalue weighted by atomic mass is 35.5. The minimum Gasteiger partial charge on any atom is -0.318 e. The molecular formula is C15H13ClN2OS2. The molecule has 1 aliphatic rings. The smallest absolute Gasteiger partial charge is 0.130 e. The zero-order valence-corrected chi connectivity index (χ0v) is 13.7. The van der Waals surface area contributed by atoms with Gasteiger partial charge in [0.15, 0.2) is 0 Å². The Morgan fingerprint density at radius 3 is 2.76 bits per heavy atom. The van der Waals surface area contributed by atoms with Gasteiger partial charge in [0.2, 0.25) is 0 Å². The number of hydrogen-bond acceptors (Lipinski definition) is 5. The standard InChI is InChI=1S/C15H13ClN2OS2/c1-19-21-9-12-14(10-4-6-11(16)7-5-10)17-18-15(12)13-3-2-8-20-13/h2-8,15H,9H2,1H3. The normalized spacial score (nSPS) is 17.7. The first-order valence-electron chi connectivity index (χ1n) is 6.38. The second kappa shape index (κ2) is 6.75. The van der Waals surface area contributed by atoms with Crippen LogP contribution < -0.4 is 0 Å². The van der Waals surface area contributed by atoms with E-state index in [-0.39, 0.29) is 6.04 Å². The molecule has 2 aromatic rings. The van der Waals surface area contributed by atoms with Gasteiger partial charge in [0.05, 0.1) is 12.8 Å². The van der Waals surface area contributed by atoms with Crippen molar-refractivity contribution < 1.29 is 4.18 Å². The first-order chi connectivity index (χ1) is 10.3. The summed E-state index contributed by atoms with van der Waals surface area (Å²) in [6, 6.07) is 11.8. The number of thiophene rings is 1. The Morgan fingerprint density at radius 2 is 2.10 bits per heavy atom. The van der Waals surface area contributed by atoms with Crippen LogP contribution in [0.15, 0.2) is 57.6 Å². The van der Waals surface area contributed by atoms with E-state index >= 15 is 0 Å². The van der Waals surface area contributed by atoms with E-state index in [0.29, 0.717) is 0 Å². The predicted molar refractivity (Wildman–Crippen MR) is 89.8 cm³/mol. The van der Waals surface area contributed by atoms with Crippen molar-refractivity contribution in [3.8, 4) is 0 Å². The van der Waals surface area contributed by atoms with Crippen LogP contribution in [0.5, 0.6) is 0 Å². The van der Waals surface area contributed by atoms with Gasteiger partial charge in [-0.2, -0.15) is 10.2 Å². The Hall–Kier alpha value is -1.14. The zero-order valence-electron chi connectivity index (χ0n) is 11.3. The number of benzene rings is 1. The number of hydrogen-bond donors (Lipinski definition) is 0. The van der Waals surface area contributed by atoms with Gasteiger partial charge in [0.25, 0.3) is 0 Å². The van der Waals surface area contributed by atoms with Crippen LogP contribution >= 0.6 is 35.0 Å². The Kier molecular flexibility index (Phi) is 4.75. The zero-order chi connectivity index (χ0) is 14.7. The summed E-state index contributed by atoms with van der Waals surface area (Å²) < 4.78 is 5.15. The highest BCUT2D eigenvalue weighted by molar-refractivity contribution is 7.94. The Bertz CT molecular complexity index is 665. The molecule has 0 saturated carbocycles. The number of rotatable bonds is 5. The molecule has 3 nitrogen and oxygen atoms in total. The molecular weight excluding hydrogens is 324 g/mol. The summed E-state index contributed by atoms with van der Waals surface area (Å²) in [5, 5.41) is 11.6. The summed E-state index contributed by atoms with van der Waals surface area (Å²) in [5.74, 6) is 0.740. The molecule has 1 aromatic heterocycles. The van der Waals surface area contributed by atoms with Gasteiger partial charge in [0.1, 0.15) is 6.04 Å². The monoisotopic (exact) mass is 336 g/mol. The molecule has 0 fully saturated rings. The summed E-state index contributed by atoms with van der Waals surface area (Å²) in [4.78, 5) is 1.20. The summed E-state index contributed by atoms with van der Waals surface area (Å²) in [7, 11) is 1.68. The minimum absolute atomic E-state index is 0.00155. The van der Waals surface area contributed by atoms with Gasteiger partial charge in [-0.25, -0.2) is 0 Å². The molecule has 0 N–H and O–H groups in total. The van der Waals surface area contributed by atoms with Gasteiger partial charge < -0.3 is 4.18 Å². The van der Waals surface area contributed by atoms with Crippen molar-refractivity contribution in [1.82, 2.24) is 0 Å². The number of nitrogens with zero attached hydrogens (tertiary/aromatic N) is 2. The van der Waals surface area contributed by atoms with Crippen molar-refractivity contribution in [1.29, 1.82) is 0 Å². The van der Waals surface area contributed by atoms with E-state index in [9.17, 15) is 0 Å². The molecule has 6 heteroatoms. The molecule has 1 aromatic carbocycles. The van der Waals surface area contributed by atoms with Crippen molar-refractivity contribution >= 4 is 40.7 Å². The van der Waals surface area contributed by atoms with E-state index in [4.69, 9.17) is 15.8 Å². The fraction of sp³-hybridized carbons (Fsp3) is 0.200. The fourth-order valence-corrected chi connectivity index (χ4v) is 3.63. The summed E-state index contributed by atoms with van der Waals surface area (Å²) >= 11 is 9.06. The number of halogens is 1. The Morgan fingerprint density at radius 1 is 1.29 bits per heavy atom. The van der Waals surface area contributed by atoms with Crippen LogP contribution in [0, 0.1) is 0 Å². The lowest BCUT2D eigenvalue weighted by atomic mass is 10.0. The van der Waals surface area contributed by atoms with Crippen molar-refractivity contribution in [2.24, 2.45) is 10.2 Å². The van der Waals surface area contributed by atoms with E-state index in [1.807, 2.05) is 30.3 Å². The largest absolute Gasteiger partial charge is 0.318 e. The quantitative estimate of drug-likeness (QED) is 0.664. The molecule has 1 aliphatic heterocycles. The van der Waals surface area contributed by atoms with Crippen molar-refractivity contribution in [2.75, 3.05) is 12.9 Å². The van der Waals surface area contributed by atoms with Crippen molar-refractivity contribution in [3.63, 3.8) is 0 Å². The van der Waals surface area contributed by atoms with Crippen LogP contribution in [0.2, 0.25) is 5.02 Å². The third kappa shape index (κ3) is 3.21. The van der Waals surface area contributed by atoms with Crippen molar-refractivity contribution in [2.45, 2.75) is 6.04 Å². The van der Waals surface area contributed by atoms with Crippen LogP contribution in [0.4, 0.5) is 0 Å². The van der Waals surface area contributed by atoms with E-state index in [1.54, 1.807) is 18.4 Å². The lowest BCUT2D eigenvalue weighted by Gasteiger charge is -2.10. The third-order valence-electron chi connectivity index (χ3n) is 3.17. The lowest BCUT2D eigenvalue weighted by Crippen LogP contribution is -1.99. The SMILES string of the molecule is COSCC1=C(c2ccc(Cl)cc2)N=NC1c1cccs1. The average Bonchev–Trinajstić information content (AvgIpc) is 3.15. The molecule has 3 rings (SSSR count). The van der Waals surface area contributed by atoms with E-state index in [2.05, 4.69) is 21.7 Å². The van der Waals surface area contributed by atoms with Crippen LogP contribution in [-0.2, 0) is 4.18 Å². The van der Waals surface area contributed by atoms with Crippen LogP contribution in [0.1, 0.15) is 16.5 Å². The predicted octanol–water partition coefficient (Wildman–Crippen LogP) is 5.61. The van der Waals surface area contributed by atoms with Gasteiger partial charge in [-0.05, 0) is 35.6 Å². The Balaban J connectivity index is 1.99. The fourth-order valence-electron chi connectivity index (χ4n) is 2.17. The molecule has 21 heavy (non-hydrogen) atoms. The molecule has 2 heterocycles. The maximum atomic E-state index is 5.96. The van der Waals surface area contributed by atoms with E-state index in [0.717, 1.165) is 22.0 Å². The second-order valence-electron chi connectivity index (χ2n) is 4.44. The number of azo groups is 1. The second-order valence-corrected chi connectivity index (χ2v) is 6.72. The molecule has 1 atom stereocenters.